The molecule has 0 amide bonds. The van der Waals surface area contributed by atoms with Crippen molar-refractivity contribution in [2.75, 3.05) is 0 Å². The zero-order valence-corrected chi connectivity index (χ0v) is 11.4. The summed E-state index contributed by atoms with van der Waals surface area (Å²) in [5.74, 6) is 10.0. The van der Waals surface area contributed by atoms with Crippen molar-refractivity contribution in [3.8, 4) is 11.8 Å². The lowest BCUT2D eigenvalue weighted by atomic mass is 10.1. The number of aliphatic hydroxyl groups is 2. The molecule has 0 aromatic rings. The average molecular weight is 279 g/mol. The van der Waals surface area contributed by atoms with Gasteiger partial charge in [0.05, 0.1) is 12.5 Å². The minimum absolute atomic E-state index is 0.0311. The van der Waals surface area contributed by atoms with Crippen molar-refractivity contribution in [2.45, 2.75) is 44.3 Å². The van der Waals surface area contributed by atoms with E-state index in [9.17, 15) is 15.0 Å². The van der Waals surface area contributed by atoms with E-state index in [1.54, 1.807) is 24.3 Å². The average Bonchev–Trinajstić information content (AvgIpc) is 3.23. The number of rotatable bonds is 7. The number of aliphatic hydroxyl groups excluding tert-OH is 2. The topological polar surface area (TPSA) is 92.8 Å². The second-order valence-electron chi connectivity index (χ2n) is 4.82. The van der Waals surface area contributed by atoms with Gasteiger partial charge in [-0.15, -0.1) is 0 Å². The fraction of sp³-hybridized carbons (Fsp3) is 0.533. The molecule has 20 heavy (non-hydrogen) atoms. The molecule has 1 saturated carbocycles. The van der Waals surface area contributed by atoms with Crippen LogP contribution in [0.3, 0.4) is 0 Å². The van der Waals surface area contributed by atoms with Gasteiger partial charge in [-0.05, 0) is 24.8 Å². The molecule has 0 aromatic carbocycles. The third kappa shape index (κ3) is 8.48. The van der Waals surface area contributed by atoms with Crippen molar-refractivity contribution >= 4 is 5.97 Å². The molecular formula is C15H21NO4. The van der Waals surface area contributed by atoms with Gasteiger partial charge in [0.25, 0.3) is 0 Å². The zero-order valence-electron chi connectivity index (χ0n) is 11.4. The maximum Gasteiger partial charge on any atom is 0.324 e. The lowest BCUT2D eigenvalue weighted by Gasteiger charge is -2.01. The minimum Gasteiger partial charge on any atom is -0.389 e. The summed E-state index contributed by atoms with van der Waals surface area (Å²) in [6, 6.07) is 0. The first-order valence-electron chi connectivity index (χ1n) is 6.72. The number of carbonyl (C=O) groups is 1. The van der Waals surface area contributed by atoms with Gasteiger partial charge in [0.2, 0.25) is 0 Å². The lowest BCUT2D eigenvalue weighted by molar-refractivity contribution is -0.144. The van der Waals surface area contributed by atoms with Crippen LogP contribution in [0.2, 0.25) is 0 Å². The number of hydrogen-bond donors (Lipinski definition) is 3. The first-order chi connectivity index (χ1) is 9.61. The van der Waals surface area contributed by atoms with Gasteiger partial charge in [-0.25, -0.2) is 0 Å². The Hall–Kier alpha value is -1.61. The first kappa shape index (κ1) is 16.4. The highest BCUT2D eigenvalue weighted by Crippen LogP contribution is 2.33. The Labute approximate surface area is 119 Å². The first-order valence-corrected chi connectivity index (χ1v) is 6.72. The molecule has 0 saturated heterocycles. The van der Waals surface area contributed by atoms with E-state index in [0.717, 1.165) is 6.42 Å². The molecular weight excluding hydrogens is 258 g/mol. The van der Waals surface area contributed by atoms with E-state index in [2.05, 4.69) is 22.6 Å². The summed E-state index contributed by atoms with van der Waals surface area (Å²) in [5.41, 5.74) is 0. The summed E-state index contributed by atoms with van der Waals surface area (Å²) >= 11 is 0. The molecule has 0 aliphatic heterocycles. The van der Waals surface area contributed by atoms with E-state index < -0.39 is 18.2 Å². The van der Waals surface area contributed by atoms with Crippen LogP contribution in [0.5, 0.6) is 0 Å². The van der Waals surface area contributed by atoms with Crippen LogP contribution in [0, 0.1) is 17.8 Å². The molecule has 0 spiro atoms. The Kier molecular flexibility index (Phi) is 7.66. The van der Waals surface area contributed by atoms with Crippen LogP contribution in [-0.4, -0.2) is 28.4 Å². The maximum atomic E-state index is 10.7. The van der Waals surface area contributed by atoms with Gasteiger partial charge in [-0.3, -0.25) is 4.79 Å². The van der Waals surface area contributed by atoms with Gasteiger partial charge in [-0.1, -0.05) is 42.9 Å². The Morgan fingerprint density at radius 1 is 1.40 bits per heavy atom. The van der Waals surface area contributed by atoms with Crippen LogP contribution in [0.25, 0.3) is 0 Å². The Bertz CT molecular complexity index is 415. The smallest absolute Gasteiger partial charge is 0.324 e. The molecule has 4 N–H and O–H groups in total. The molecule has 1 aliphatic carbocycles. The van der Waals surface area contributed by atoms with Gasteiger partial charge in [0, 0.05) is 0 Å². The third-order valence-electron chi connectivity index (χ3n) is 2.90. The highest BCUT2D eigenvalue weighted by atomic mass is 16.7. The predicted molar refractivity (Wildman–Crippen MR) is 74.9 cm³/mol. The molecule has 0 heterocycles. The zero-order chi connectivity index (χ0) is 14.8. The van der Waals surface area contributed by atoms with Crippen molar-refractivity contribution in [1.29, 1.82) is 0 Å². The molecule has 1 fully saturated rings. The molecule has 0 radical (unpaired) electrons. The van der Waals surface area contributed by atoms with E-state index in [-0.39, 0.29) is 12.8 Å². The molecule has 110 valence electrons. The SMILES string of the molecule is NOC(=O)CCC(O)C#CC=CC=CC(O)CC1CC1. The number of hydrogen-bond acceptors (Lipinski definition) is 5. The van der Waals surface area contributed by atoms with Crippen LogP contribution >= 0.6 is 0 Å². The largest absolute Gasteiger partial charge is 0.389 e. The normalized spacial score (nSPS) is 17.8. The highest BCUT2D eigenvalue weighted by molar-refractivity contribution is 5.68. The Morgan fingerprint density at radius 3 is 2.80 bits per heavy atom. The summed E-state index contributed by atoms with van der Waals surface area (Å²) < 4.78 is 0. The van der Waals surface area contributed by atoms with Gasteiger partial charge in [-0.2, -0.15) is 5.90 Å². The van der Waals surface area contributed by atoms with E-state index in [0.29, 0.717) is 5.92 Å². The molecule has 2 atom stereocenters. The maximum absolute atomic E-state index is 10.7. The number of allylic oxidation sites excluding steroid dienone is 3. The van der Waals surface area contributed by atoms with Crippen molar-refractivity contribution in [1.82, 2.24) is 0 Å². The highest BCUT2D eigenvalue weighted by Gasteiger charge is 2.23. The van der Waals surface area contributed by atoms with E-state index in [1.807, 2.05) is 0 Å². The van der Waals surface area contributed by atoms with Gasteiger partial charge >= 0.3 is 5.97 Å². The third-order valence-corrected chi connectivity index (χ3v) is 2.90. The van der Waals surface area contributed by atoms with Gasteiger partial charge in [0.1, 0.15) is 6.10 Å². The summed E-state index contributed by atoms with van der Waals surface area (Å²) in [6.07, 6.45) is 8.95. The molecule has 2 unspecified atom stereocenters. The molecule has 5 nitrogen and oxygen atoms in total. The standard InChI is InChI=1S/C15H21NO4/c16-20-15(19)10-9-13(17)5-3-1-2-4-6-14(18)11-12-7-8-12/h1-2,4,6,12-14,17-18H,7-11,16H2. The van der Waals surface area contributed by atoms with Crippen LogP contribution < -0.4 is 5.90 Å². The quantitative estimate of drug-likeness (QED) is 0.364. The molecule has 1 rings (SSSR count). The van der Waals surface area contributed by atoms with Crippen molar-refractivity contribution in [3.63, 3.8) is 0 Å². The summed E-state index contributed by atoms with van der Waals surface area (Å²) in [5, 5.41) is 19.0. The fourth-order valence-electron chi connectivity index (χ4n) is 1.60. The summed E-state index contributed by atoms with van der Waals surface area (Å²) in [4.78, 5) is 14.7. The molecule has 1 aliphatic rings. The molecule has 5 heteroatoms. The minimum atomic E-state index is -0.886. The van der Waals surface area contributed by atoms with E-state index in [1.165, 1.54) is 12.8 Å². The van der Waals surface area contributed by atoms with Crippen molar-refractivity contribution in [3.05, 3.63) is 24.3 Å². The number of nitrogens with two attached hydrogens (primary N) is 1. The predicted octanol–water partition coefficient (Wildman–Crippen LogP) is 0.821. The van der Waals surface area contributed by atoms with E-state index >= 15 is 0 Å². The van der Waals surface area contributed by atoms with Crippen LogP contribution in [-0.2, 0) is 9.63 Å². The Balaban J connectivity index is 2.17. The lowest BCUT2D eigenvalue weighted by Crippen LogP contribution is -2.13. The summed E-state index contributed by atoms with van der Waals surface area (Å²) in [6.45, 7) is 0. The van der Waals surface area contributed by atoms with Crippen molar-refractivity contribution in [2.24, 2.45) is 11.8 Å². The second kappa shape index (κ2) is 9.32. The number of carbonyl (C=O) groups excluding carboxylic acids is 1. The van der Waals surface area contributed by atoms with Crippen LogP contribution in [0.4, 0.5) is 0 Å². The second-order valence-corrected chi connectivity index (χ2v) is 4.82. The Morgan fingerprint density at radius 2 is 2.15 bits per heavy atom. The molecule has 0 aromatic heterocycles. The van der Waals surface area contributed by atoms with Crippen LogP contribution in [0.1, 0.15) is 32.1 Å². The van der Waals surface area contributed by atoms with Crippen molar-refractivity contribution < 1.29 is 19.8 Å². The summed E-state index contributed by atoms with van der Waals surface area (Å²) in [7, 11) is 0. The van der Waals surface area contributed by atoms with E-state index in [4.69, 9.17) is 0 Å². The fourth-order valence-corrected chi connectivity index (χ4v) is 1.60. The van der Waals surface area contributed by atoms with Gasteiger partial charge in [0.15, 0.2) is 0 Å². The molecule has 0 bridgehead atoms. The monoisotopic (exact) mass is 279 g/mol. The van der Waals surface area contributed by atoms with Gasteiger partial charge < -0.3 is 15.1 Å². The van der Waals surface area contributed by atoms with Crippen LogP contribution in [0.15, 0.2) is 24.3 Å².